The van der Waals surface area contributed by atoms with E-state index in [-0.39, 0.29) is 0 Å². The van der Waals surface area contributed by atoms with Crippen molar-refractivity contribution >= 4 is 5.97 Å². The van der Waals surface area contributed by atoms with Gasteiger partial charge in [-0.3, -0.25) is 10.1 Å². The number of benzene rings is 1. The van der Waals surface area contributed by atoms with Gasteiger partial charge in [-0.05, 0) is 18.6 Å². The van der Waals surface area contributed by atoms with Crippen molar-refractivity contribution in [3.8, 4) is 0 Å². The summed E-state index contributed by atoms with van der Waals surface area (Å²) >= 11 is 0. The van der Waals surface area contributed by atoms with Crippen LogP contribution in [0.25, 0.3) is 0 Å². The van der Waals surface area contributed by atoms with Crippen LogP contribution in [0.3, 0.4) is 0 Å². The molecule has 0 fully saturated rings. The van der Waals surface area contributed by atoms with Crippen LogP contribution in [-0.2, 0) is 0 Å². The number of nitrogens with zero attached hydrogens (tertiary/aromatic N) is 1. The molecular formula is C9H11NO4. The minimum atomic E-state index is -0.863. The Bertz CT molecular complexity index is 331. The third kappa shape index (κ3) is 4.87. The average molecular weight is 197 g/mol. The van der Waals surface area contributed by atoms with Crippen LogP contribution in [0.4, 0.5) is 0 Å². The summed E-state index contributed by atoms with van der Waals surface area (Å²) < 4.78 is 0. The van der Waals surface area contributed by atoms with Gasteiger partial charge < -0.3 is 5.11 Å². The highest BCUT2D eigenvalue weighted by molar-refractivity contribution is 5.89. The molecule has 0 heterocycles. The zero-order valence-electron chi connectivity index (χ0n) is 7.93. The summed E-state index contributed by atoms with van der Waals surface area (Å²) in [6, 6.07) is 6.92. The number of carboxylic acids is 1. The van der Waals surface area contributed by atoms with Gasteiger partial charge in [-0.1, -0.05) is 18.2 Å². The summed E-state index contributed by atoms with van der Waals surface area (Å²) in [7, 11) is 0.889. The molecule has 0 unspecified atom stereocenters. The summed E-state index contributed by atoms with van der Waals surface area (Å²) in [5, 5.41) is 17.4. The first kappa shape index (κ1) is 12.1. The molecule has 5 nitrogen and oxygen atoms in total. The second kappa shape index (κ2) is 5.69. The smallest absolute Gasteiger partial charge is 0.335 e. The van der Waals surface area contributed by atoms with E-state index in [1.165, 1.54) is 0 Å². The Labute approximate surface area is 81.1 Å². The number of hydrogen-bond donors (Lipinski definition) is 1. The van der Waals surface area contributed by atoms with Crippen molar-refractivity contribution in [3.05, 3.63) is 45.5 Å². The number of aryl methyl sites for hydroxylation is 1. The van der Waals surface area contributed by atoms with Gasteiger partial charge in [-0.15, -0.1) is 0 Å². The molecule has 1 aromatic carbocycles. The zero-order chi connectivity index (χ0) is 11.1. The van der Waals surface area contributed by atoms with Crippen LogP contribution in [0, 0.1) is 17.0 Å². The minimum Gasteiger partial charge on any atom is -0.478 e. The summed E-state index contributed by atoms with van der Waals surface area (Å²) in [6.45, 7) is 1.78. The van der Waals surface area contributed by atoms with E-state index >= 15 is 0 Å². The number of aromatic carboxylic acids is 1. The highest BCUT2D eigenvalue weighted by atomic mass is 16.6. The summed E-state index contributed by atoms with van der Waals surface area (Å²) in [6.07, 6.45) is 0. The van der Waals surface area contributed by atoms with Crippen LogP contribution in [0.2, 0.25) is 0 Å². The van der Waals surface area contributed by atoms with Crippen molar-refractivity contribution in [1.29, 1.82) is 0 Å². The lowest BCUT2D eigenvalue weighted by molar-refractivity contribution is -0.445. The number of nitro groups is 1. The lowest BCUT2D eigenvalue weighted by Gasteiger charge is -1.96. The van der Waals surface area contributed by atoms with Crippen LogP contribution >= 0.6 is 0 Å². The van der Waals surface area contributed by atoms with Gasteiger partial charge in [0, 0.05) is 4.92 Å². The number of carbonyl (C=O) groups is 1. The molecule has 0 saturated heterocycles. The van der Waals surface area contributed by atoms with Gasteiger partial charge in [0.25, 0.3) is 0 Å². The van der Waals surface area contributed by atoms with Crippen molar-refractivity contribution in [2.24, 2.45) is 0 Å². The van der Waals surface area contributed by atoms with Gasteiger partial charge in [0.1, 0.15) is 0 Å². The molecule has 0 amide bonds. The van der Waals surface area contributed by atoms with Crippen LogP contribution < -0.4 is 0 Å². The molecule has 1 aromatic rings. The number of carboxylic acid groups (broad SMARTS) is 1. The first-order valence-corrected chi connectivity index (χ1v) is 3.82. The second-order valence-electron chi connectivity index (χ2n) is 2.56. The standard InChI is InChI=1S/C8H8O2.CH3NO2/c1-6-4-2-3-5-7(6)8(9)10;1-2(3)4/h2-5H,1H3,(H,9,10);1H3. The molecule has 1 N–H and O–H groups in total. The quantitative estimate of drug-likeness (QED) is 0.547. The molecule has 0 bridgehead atoms. The van der Waals surface area contributed by atoms with E-state index in [0.29, 0.717) is 5.56 Å². The summed E-state index contributed by atoms with van der Waals surface area (Å²) in [5.74, 6) is -0.863. The Balaban J connectivity index is 0.000000364. The Hall–Kier alpha value is -1.91. The molecule has 0 radical (unpaired) electrons. The second-order valence-corrected chi connectivity index (χ2v) is 2.56. The van der Waals surface area contributed by atoms with Crippen LogP contribution in [-0.4, -0.2) is 23.0 Å². The van der Waals surface area contributed by atoms with Crippen molar-refractivity contribution in [3.63, 3.8) is 0 Å². The van der Waals surface area contributed by atoms with Gasteiger partial charge in [-0.25, -0.2) is 4.79 Å². The van der Waals surface area contributed by atoms with Crippen molar-refractivity contribution < 1.29 is 14.8 Å². The topological polar surface area (TPSA) is 80.4 Å². The molecule has 0 saturated carbocycles. The van der Waals surface area contributed by atoms with Gasteiger partial charge in [-0.2, -0.15) is 0 Å². The summed E-state index contributed by atoms with van der Waals surface area (Å²) in [4.78, 5) is 18.7. The molecule has 1 rings (SSSR count). The fourth-order valence-corrected chi connectivity index (χ4v) is 0.813. The third-order valence-corrected chi connectivity index (χ3v) is 1.38. The highest BCUT2D eigenvalue weighted by Gasteiger charge is 2.02. The SMILES string of the molecule is C[N+](=O)[O-].Cc1ccccc1C(=O)O. The minimum absolute atomic E-state index is 0.377. The fraction of sp³-hybridized carbons (Fsp3) is 0.222. The molecule has 76 valence electrons. The van der Waals surface area contributed by atoms with Crippen molar-refractivity contribution in [2.75, 3.05) is 7.05 Å². The fourth-order valence-electron chi connectivity index (χ4n) is 0.813. The van der Waals surface area contributed by atoms with Gasteiger partial charge in [0.2, 0.25) is 0 Å². The van der Waals surface area contributed by atoms with Gasteiger partial charge >= 0.3 is 5.97 Å². The van der Waals surface area contributed by atoms with Crippen LogP contribution in [0.5, 0.6) is 0 Å². The van der Waals surface area contributed by atoms with E-state index in [2.05, 4.69) is 0 Å². The normalized spacial score (nSPS) is 8.43. The number of hydrogen-bond acceptors (Lipinski definition) is 3. The molecule has 0 aliphatic heterocycles. The maximum absolute atomic E-state index is 10.4. The predicted octanol–water partition coefficient (Wildman–Crippen LogP) is 1.59. The first-order chi connectivity index (χ1) is 6.45. The van der Waals surface area contributed by atoms with E-state index in [0.717, 1.165) is 12.6 Å². The lowest BCUT2D eigenvalue weighted by Crippen LogP contribution is -1.97. The predicted molar refractivity (Wildman–Crippen MR) is 51.1 cm³/mol. The van der Waals surface area contributed by atoms with E-state index in [1.54, 1.807) is 25.1 Å². The Morgan fingerprint density at radius 3 is 2.14 bits per heavy atom. The molecular weight excluding hydrogens is 186 g/mol. The number of rotatable bonds is 1. The maximum atomic E-state index is 10.4. The van der Waals surface area contributed by atoms with E-state index in [9.17, 15) is 4.79 Å². The zero-order valence-corrected chi connectivity index (χ0v) is 7.93. The average Bonchev–Trinajstić information content (AvgIpc) is 2.03. The Kier molecular flexibility index (Phi) is 4.91. The molecule has 5 heteroatoms. The largest absolute Gasteiger partial charge is 0.478 e. The van der Waals surface area contributed by atoms with Gasteiger partial charge in [0.05, 0.1) is 5.56 Å². The van der Waals surface area contributed by atoms with E-state index < -0.39 is 10.9 Å². The molecule has 0 aliphatic rings. The van der Waals surface area contributed by atoms with Crippen molar-refractivity contribution in [2.45, 2.75) is 6.92 Å². The molecule has 0 spiro atoms. The van der Waals surface area contributed by atoms with Crippen molar-refractivity contribution in [1.82, 2.24) is 0 Å². The molecule has 0 atom stereocenters. The van der Waals surface area contributed by atoms with E-state index in [1.807, 2.05) is 6.07 Å². The summed E-state index contributed by atoms with van der Waals surface area (Å²) in [5.41, 5.74) is 1.18. The lowest BCUT2D eigenvalue weighted by atomic mass is 10.1. The third-order valence-electron chi connectivity index (χ3n) is 1.38. The van der Waals surface area contributed by atoms with Crippen LogP contribution in [0.15, 0.2) is 24.3 Å². The monoisotopic (exact) mass is 197 g/mol. The Morgan fingerprint density at radius 2 is 1.86 bits per heavy atom. The maximum Gasteiger partial charge on any atom is 0.335 e. The van der Waals surface area contributed by atoms with Gasteiger partial charge in [0.15, 0.2) is 7.05 Å². The van der Waals surface area contributed by atoms with E-state index in [4.69, 9.17) is 15.2 Å². The first-order valence-electron chi connectivity index (χ1n) is 3.82. The highest BCUT2D eigenvalue weighted by Crippen LogP contribution is 2.05. The molecule has 0 aromatic heterocycles. The molecule has 14 heavy (non-hydrogen) atoms. The Morgan fingerprint density at radius 1 is 1.43 bits per heavy atom. The molecule has 0 aliphatic carbocycles. The van der Waals surface area contributed by atoms with Crippen LogP contribution in [0.1, 0.15) is 15.9 Å².